The molecule has 0 unspecified atom stereocenters. The molecule has 21 heavy (non-hydrogen) atoms. The Balaban J connectivity index is 1.79. The summed E-state index contributed by atoms with van der Waals surface area (Å²) < 4.78 is 16.2. The van der Waals surface area contributed by atoms with Gasteiger partial charge in [0.25, 0.3) is 0 Å². The van der Waals surface area contributed by atoms with Gasteiger partial charge in [-0.3, -0.25) is 0 Å². The zero-order chi connectivity index (χ0) is 14.9. The lowest BCUT2D eigenvalue weighted by molar-refractivity contribution is -0.193. The molecule has 114 valence electrons. The first-order valence-corrected chi connectivity index (χ1v) is 7.28. The van der Waals surface area contributed by atoms with E-state index in [1.165, 1.54) is 7.11 Å². The summed E-state index contributed by atoms with van der Waals surface area (Å²) in [5, 5.41) is 10.3. The molecule has 1 aromatic carbocycles. The van der Waals surface area contributed by atoms with E-state index in [4.69, 9.17) is 14.2 Å². The number of hydrogen-bond donors (Lipinski definition) is 1. The fourth-order valence-electron chi connectivity index (χ4n) is 3.23. The molecule has 0 amide bonds. The molecular weight excluding hydrogens is 272 g/mol. The third-order valence-electron chi connectivity index (χ3n) is 4.39. The summed E-state index contributed by atoms with van der Waals surface area (Å²) in [6, 6.07) is 7.19. The zero-order valence-corrected chi connectivity index (χ0v) is 12.1. The van der Waals surface area contributed by atoms with Crippen molar-refractivity contribution in [3.05, 3.63) is 35.4 Å². The fraction of sp³-hybridized carbons (Fsp3) is 0.562. The molecule has 0 bridgehead atoms. The van der Waals surface area contributed by atoms with E-state index in [1.807, 2.05) is 12.1 Å². The number of benzene rings is 1. The smallest absolute Gasteiger partial charge is 0.337 e. The third-order valence-corrected chi connectivity index (χ3v) is 4.39. The summed E-state index contributed by atoms with van der Waals surface area (Å²) in [5.74, 6) is -0.932. The summed E-state index contributed by atoms with van der Waals surface area (Å²) in [5.41, 5.74) is 1.50. The lowest BCUT2D eigenvalue weighted by atomic mass is 9.78. The molecule has 5 heteroatoms. The summed E-state index contributed by atoms with van der Waals surface area (Å²) in [4.78, 5) is 11.5. The predicted octanol–water partition coefficient (Wildman–Crippen LogP) is 1.84. The van der Waals surface area contributed by atoms with Gasteiger partial charge in [-0.15, -0.1) is 0 Å². The number of methoxy groups -OCH3 is 1. The van der Waals surface area contributed by atoms with E-state index >= 15 is 0 Å². The van der Waals surface area contributed by atoms with Crippen molar-refractivity contribution in [1.82, 2.24) is 0 Å². The molecular formula is C16H20O5. The van der Waals surface area contributed by atoms with Crippen molar-refractivity contribution in [2.75, 3.05) is 20.3 Å². The van der Waals surface area contributed by atoms with E-state index in [9.17, 15) is 9.90 Å². The second kappa shape index (κ2) is 5.75. The van der Waals surface area contributed by atoms with Crippen molar-refractivity contribution in [3.63, 3.8) is 0 Å². The highest BCUT2D eigenvalue weighted by atomic mass is 16.7. The van der Waals surface area contributed by atoms with Crippen LogP contribution in [-0.2, 0) is 14.2 Å². The minimum atomic E-state index is -0.537. The summed E-state index contributed by atoms with van der Waals surface area (Å²) >= 11 is 0. The van der Waals surface area contributed by atoms with Crippen molar-refractivity contribution in [2.24, 2.45) is 0 Å². The van der Waals surface area contributed by atoms with E-state index in [1.54, 1.807) is 12.1 Å². The van der Waals surface area contributed by atoms with Crippen LogP contribution in [0.15, 0.2) is 24.3 Å². The molecule has 1 saturated heterocycles. The van der Waals surface area contributed by atoms with Gasteiger partial charge in [0, 0.05) is 18.8 Å². The van der Waals surface area contributed by atoms with Crippen LogP contribution in [0, 0.1) is 0 Å². The normalized spacial score (nSPS) is 27.7. The molecule has 3 rings (SSSR count). The van der Waals surface area contributed by atoms with E-state index in [-0.39, 0.29) is 11.9 Å². The quantitative estimate of drug-likeness (QED) is 0.843. The van der Waals surface area contributed by atoms with Crippen LogP contribution < -0.4 is 0 Å². The van der Waals surface area contributed by atoms with Crippen molar-refractivity contribution >= 4 is 5.97 Å². The second-order valence-corrected chi connectivity index (χ2v) is 5.64. The monoisotopic (exact) mass is 292 g/mol. The molecule has 1 heterocycles. The van der Waals surface area contributed by atoms with Gasteiger partial charge in [-0.25, -0.2) is 4.79 Å². The van der Waals surface area contributed by atoms with Crippen LogP contribution >= 0.6 is 0 Å². The molecule has 5 nitrogen and oxygen atoms in total. The molecule has 2 aliphatic rings. The van der Waals surface area contributed by atoms with Crippen LogP contribution in [0.5, 0.6) is 0 Å². The maximum absolute atomic E-state index is 11.5. The van der Waals surface area contributed by atoms with Gasteiger partial charge in [0.1, 0.15) is 0 Å². The Bertz CT molecular complexity index is 504. The van der Waals surface area contributed by atoms with E-state index in [0.717, 1.165) is 12.0 Å². The van der Waals surface area contributed by atoms with E-state index in [2.05, 4.69) is 0 Å². The number of carbonyl (C=O) groups excluding carboxylic acids is 1. The molecule has 1 N–H and O–H groups in total. The average molecular weight is 292 g/mol. The maximum Gasteiger partial charge on any atom is 0.337 e. The number of rotatable bonds is 2. The number of aliphatic hydroxyl groups excluding tert-OH is 1. The molecule has 1 aliphatic carbocycles. The Morgan fingerprint density at radius 1 is 1.29 bits per heavy atom. The Hall–Kier alpha value is -1.43. The summed E-state index contributed by atoms with van der Waals surface area (Å²) in [6.07, 6.45) is 1.62. The maximum atomic E-state index is 11.5. The van der Waals surface area contributed by atoms with Crippen LogP contribution in [0.25, 0.3) is 0 Å². The molecule has 1 saturated carbocycles. The fourth-order valence-corrected chi connectivity index (χ4v) is 3.23. The number of carbonyl (C=O) groups is 1. The standard InChI is InChI=1S/C16H20O5/c1-19-15(18)12-4-2-11(3-5-12)13-10-16(7-6-14(13)17)20-8-9-21-16/h2-5,13-14,17H,6-10H2,1H3/t13-,14-/m0/s1. The van der Waals surface area contributed by atoms with Crippen LogP contribution in [0.1, 0.15) is 41.1 Å². The van der Waals surface area contributed by atoms with Crippen LogP contribution in [-0.4, -0.2) is 43.3 Å². The van der Waals surface area contributed by atoms with Gasteiger partial charge in [0.2, 0.25) is 0 Å². The van der Waals surface area contributed by atoms with Crippen molar-refractivity contribution in [1.29, 1.82) is 0 Å². The minimum Gasteiger partial charge on any atom is -0.465 e. The predicted molar refractivity (Wildman–Crippen MR) is 75.0 cm³/mol. The first-order valence-electron chi connectivity index (χ1n) is 7.28. The Labute approximate surface area is 123 Å². The number of aliphatic hydroxyl groups is 1. The number of hydrogen-bond acceptors (Lipinski definition) is 5. The highest BCUT2D eigenvalue weighted by Gasteiger charge is 2.45. The minimum absolute atomic E-state index is 0.0384. The highest BCUT2D eigenvalue weighted by Crippen LogP contribution is 2.43. The van der Waals surface area contributed by atoms with Crippen molar-refractivity contribution < 1.29 is 24.1 Å². The van der Waals surface area contributed by atoms with Crippen molar-refractivity contribution in [3.8, 4) is 0 Å². The van der Waals surface area contributed by atoms with Gasteiger partial charge >= 0.3 is 5.97 Å². The largest absolute Gasteiger partial charge is 0.465 e. The molecule has 0 radical (unpaired) electrons. The first kappa shape index (κ1) is 14.5. The van der Waals surface area contributed by atoms with Gasteiger partial charge < -0.3 is 19.3 Å². The Morgan fingerprint density at radius 3 is 2.57 bits per heavy atom. The molecule has 1 spiro atoms. The van der Waals surface area contributed by atoms with Gasteiger partial charge in [0.15, 0.2) is 5.79 Å². The average Bonchev–Trinajstić information content (AvgIpc) is 2.98. The molecule has 1 aromatic rings. The molecule has 2 atom stereocenters. The number of ether oxygens (including phenoxy) is 3. The lowest BCUT2D eigenvalue weighted by Crippen LogP contribution is -2.41. The van der Waals surface area contributed by atoms with Gasteiger partial charge in [-0.1, -0.05) is 12.1 Å². The highest BCUT2D eigenvalue weighted by molar-refractivity contribution is 5.89. The van der Waals surface area contributed by atoms with Crippen LogP contribution in [0.3, 0.4) is 0 Å². The van der Waals surface area contributed by atoms with Gasteiger partial charge in [0.05, 0.1) is 32.0 Å². The van der Waals surface area contributed by atoms with Crippen LogP contribution in [0.2, 0.25) is 0 Å². The SMILES string of the molecule is COC(=O)c1ccc([C@@H]2CC3(CC[C@@H]2O)OCCO3)cc1. The summed E-state index contributed by atoms with van der Waals surface area (Å²) in [6.45, 7) is 1.23. The Kier molecular flexibility index (Phi) is 3.97. The van der Waals surface area contributed by atoms with Crippen LogP contribution in [0.4, 0.5) is 0 Å². The second-order valence-electron chi connectivity index (χ2n) is 5.64. The van der Waals surface area contributed by atoms with Gasteiger partial charge in [-0.05, 0) is 24.1 Å². The van der Waals surface area contributed by atoms with E-state index < -0.39 is 11.9 Å². The third kappa shape index (κ3) is 2.81. The van der Waals surface area contributed by atoms with E-state index in [0.29, 0.717) is 31.6 Å². The molecule has 1 aliphatic heterocycles. The molecule has 2 fully saturated rings. The lowest BCUT2D eigenvalue weighted by Gasteiger charge is -2.39. The number of esters is 1. The topological polar surface area (TPSA) is 65.0 Å². The van der Waals surface area contributed by atoms with Gasteiger partial charge in [-0.2, -0.15) is 0 Å². The Morgan fingerprint density at radius 2 is 1.95 bits per heavy atom. The first-order chi connectivity index (χ1) is 10.1. The molecule has 0 aromatic heterocycles. The van der Waals surface area contributed by atoms with Crippen molar-refractivity contribution in [2.45, 2.75) is 37.1 Å². The summed E-state index contributed by atoms with van der Waals surface area (Å²) in [7, 11) is 1.36. The zero-order valence-electron chi connectivity index (χ0n) is 12.1.